The van der Waals surface area contributed by atoms with E-state index in [1.165, 1.54) is 0 Å². The molecule has 0 aromatic carbocycles. The van der Waals surface area contributed by atoms with E-state index >= 15 is 0 Å². The van der Waals surface area contributed by atoms with E-state index in [4.69, 9.17) is 4.55 Å². The van der Waals surface area contributed by atoms with Crippen LogP contribution in [-0.4, -0.2) is 61.9 Å². The minimum atomic E-state index is -3.73. The van der Waals surface area contributed by atoms with E-state index in [1.807, 2.05) is 0 Å². The van der Waals surface area contributed by atoms with Crippen molar-refractivity contribution in [3.8, 4) is 0 Å². The Kier molecular flexibility index (Phi) is 9.84. The fourth-order valence-electron chi connectivity index (χ4n) is 0.586. The quantitative estimate of drug-likeness (QED) is 0.348. The SMILES string of the molecule is CNCCCCS(=O)(=O)O.[Na]. The minimum Gasteiger partial charge on any atom is -0.320 e. The Morgan fingerprint density at radius 1 is 1.36 bits per heavy atom. The summed E-state index contributed by atoms with van der Waals surface area (Å²) in [5.41, 5.74) is 0. The van der Waals surface area contributed by atoms with Crippen LogP contribution >= 0.6 is 0 Å². The molecule has 0 bridgehead atoms. The number of hydrogen-bond acceptors (Lipinski definition) is 3. The summed E-state index contributed by atoms with van der Waals surface area (Å²) >= 11 is 0. The van der Waals surface area contributed by atoms with Gasteiger partial charge in [0.25, 0.3) is 10.1 Å². The van der Waals surface area contributed by atoms with Crippen LogP contribution in [-0.2, 0) is 10.1 Å². The maximum Gasteiger partial charge on any atom is 0.264 e. The van der Waals surface area contributed by atoms with Gasteiger partial charge in [0.2, 0.25) is 0 Å². The summed E-state index contributed by atoms with van der Waals surface area (Å²) in [6, 6.07) is 0. The van der Waals surface area contributed by atoms with Crippen molar-refractivity contribution in [2.45, 2.75) is 12.8 Å². The average molecular weight is 190 g/mol. The summed E-state index contributed by atoms with van der Waals surface area (Å²) in [5, 5.41) is 2.88. The van der Waals surface area contributed by atoms with E-state index in [-0.39, 0.29) is 35.3 Å². The molecule has 0 unspecified atom stereocenters. The maximum absolute atomic E-state index is 10.1. The molecule has 4 nitrogen and oxygen atoms in total. The Balaban J connectivity index is 0. The molecule has 11 heavy (non-hydrogen) atoms. The predicted octanol–water partition coefficient (Wildman–Crippen LogP) is -0.507. The second kappa shape index (κ2) is 7.52. The van der Waals surface area contributed by atoms with Gasteiger partial charge >= 0.3 is 0 Å². The van der Waals surface area contributed by atoms with Crippen LogP contribution in [0.25, 0.3) is 0 Å². The summed E-state index contributed by atoms with van der Waals surface area (Å²) in [6.45, 7) is 0.787. The van der Waals surface area contributed by atoms with Crippen molar-refractivity contribution in [1.29, 1.82) is 0 Å². The molecule has 2 N–H and O–H groups in total. The summed E-state index contributed by atoms with van der Waals surface area (Å²) in [7, 11) is -1.93. The molecule has 1 radical (unpaired) electrons. The molecule has 0 aromatic rings. The summed E-state index contributed by atoms with van der Waals surface area (Å²) in [4.78, 5) is 0. The zero-order valence-corrected chi connectivity index (χ0v) is 9.82. The Labute approximate surface area is 89.8 Å². The first kappa shape index (κ1) is 14.4. The smallest absolute Gasteiger partial charge is 0.264 e. The molecule has 0 aliphatic carbocycles. The molecule has 0 saturated carbocycles. The van der Waals surface area contributed by atoms with Crippen molar-refractivity contribution in [2.75, 3.05) is 19.3 Å². The third-order valence-electron chi connectivity index (χ3n) is 1.08. The maximum atomic E-state index is 10.1. The van der Waals surface area contributed by atoms with Crippen LogP contribution in [0.1, 0.15) is 12.8 Å². The van der Waals surface area contributed by atoms with Crippen LogP contribution in [0.2, 0.25) is 0 Å². The zero-order valence-electron chi connectivity index (χ0n) is 7.00. The number of hydrogen-bond donors (Lipinski definition) is 2. The van der Waals surface area contributed by atoms with Gasteiger partial charge in [0, 0.05) is 29.6 Å². The Bertz CT molecular complexity index is 169. The largest absolute Gasteiger partial charge is 0.320 e. The van der Waals surface area contributed by atoms with E-state index in [9.17, 15) is 8.42 Å². The van der Waals surface area contributed by atoms with E-state index in [0.29, 0.717) is 6.42 Å². The van der Waals surface area contributed by atoms with Crippen LogP contribution in [0, 0.1) is 0 Å². The standard InChI is InChI=1S/C5H13NO3S.Na/c1-6-4-2-3-5-10(7,8)9;/h6H,2-5H2,1H3,(H,7,8,9);. The topological polar surface area (TPSA) is 66.4 Å². The second-order valence-electron chi connectivity index (χ2n) is 2.10. The molecule has 0 atom stereocenters. The first-order valence-corrected chi connectivity index (χ1v) is 4.77. The van der Waals surface area contributed by atoms with Gasteiger partial charge in [-0.25, -0.2) is 0 Å². The minimum absolute atomic E-state index is 0. The molecule has 0 rings (SSSR count). The Hall–Kier alpha value is 0.870. The molecule has 0 fully saturated rings. The molecular weight excluding hydrogens is 177 g/mol. The summed E-state index contributed by atoms with van der Waals surface area (Å²) < 4.78 is 28.5. The van der Waals surface area contributed by atoms with Gasteiger partial charge in [-0.1, -0.05) is 0 Å². The zero-order chi connectivity index (χ0) is 8.04. The van der Waals surface area contributed by atoms with Crippen LogP contribution < -0.4 is 5.32 Å². The van der Waals surface area contributed by atoms with Crippen LogP contribution in [0.4, 0.5) is 0 Å². The van der Waals surface area contributed by atoms with Crippen LogP contribution in [0.5, 0.6) is 0 Å². The molecule has 0 heterocycles. The van der Waals surface area contributed by atoms with Gasteiger partial charge in [-0.15, -0.1) is 0 Å². The Morgan fingerprint density at radius 2 is 1.91 bits per heavy atom. The Morgan fingerprint density at radius 3 is 2.27 bits per heavy atom. The van der Waals surface area contributed by atoms with Crippen molar-refractivity contribution < 1.29 is 13.0 Å². The number of unbranched alkanes of at least 4 members (excludes halogenated alkanes) is 1. The number of rotatable bonds is 5. The molecular formula is C5H13NNaO3S. The van der Waals surface area contributed by atoms with Crippen molar-refractivity contribution in [3.63, 3.8) is 0 Å². The van der Waals surface area contributed by atoms with E-state index in [0.717, 1.165) is 13.0 Å². The molecule has 0 saturated heterocycles. The second-order valence-corrected chi connectivity index (χ2v) is 3.67. The van der Waals surface area contributed by atoms with Gasteiger partial charge < -0.3 is 5.32 Å². The van der Waals surface area contributed by atoms with Crippen molar-refractivity contribution in [3.05, 3.63) is 0 Å². The van der Waals surface area contributed by atoms with Gasteiger partial charge in [-0.05, 0) is 26.4 Å². The van der Waals surface area contributed by atoms with Crippen LogP contribution in [0.3, 0.4) is 0 Å². The van der Waals surface area contributed by atoms with E-state index < -0.39 is 10.1 Å². The average Bonchev–Trinajstić information content (AvgIpc) is 1.78. The monoisotopic (exact) mass is 190 g/mol. The van der Waals surface area contributed by atoms with Gasteiger partial charge in [0.05, 0.1) is 5.75 Å². The van der Waals surface area contributed by atoms with Gasteiger partial charge in [-0.2, -0.15) is 8.42 Å². The van der Waals surface area contributed by atoms with E-state index in [1.54, 1.807) is 7.05 Å². The summed E-state index contributed by atoms with van der Waals surface area (Å²) in [6.07, 6.45) is 1.29. The van der Waals surface area contributed by atoms with Crippen molar-refractivity contribution in [1.82, 2.24) is 5.32 Å². The fourth-order valence-corrected chi connectivity index (χ4v) is 1.16. The van der Waals surface area contributed by atoms with Crippen molar-refractivity contribution >= 4 is 39.7 Å². The number of nitrogens with one attached hydrogen (secondary N) is 1. The third kappa shape index (κ3) is 13.8. The molecule has 0 aliphatic heterocycles. The molecule has 0 aliphatic rings. The molecule has 63 valence electrons. The van der Waals surface area contributed by atoms with Gasteiger partial charge in [-0.3, -0.25) is 4.55 Å². The first-order valence-electron chi connectivity index (χ1n) is 3.16. The summed E-state index contributed by atoms with van der Waals surface area (Å²) in [5.74, 6) is -0.130. The van der Waals surface area contributed by atoms with E-state index in [2.05, 4.69) is 5.32 Å². The fraction of sp³-hybridized carbons (Fsp3) is 1.00. The predicted molar refractivity (Wildman–Crippen MR) is 45.3 cm³/mol. The van der Waals surface area contributed by atoms with Gasteiger partial charge in [0.15, 0.2) is 0 Å². The molecule has 0 amide bonds. The molecule has 6 heteroatoms. The third-order valence-corrected chi connectivity index (χ3v) is 1.88. The first-order chi connectivity index (χ1) is 4.56. The normalized spacial score (nSPS) is 10.7. The molecule has 0 spiro atoms. The molecule has 0 aromatic heterocycles. The van der Waals surface area contributed by atoms with Crippen molar-refractivity contribution in [2.24, 2.45) is 0 Å². The van der Waals surface area contributed by atoms with Crippen LogP contribution in [0.15, 0.2) is 0 Å². The van der Waals surface area contributed by atoms with Gasteiger partial charge in [0.1, 0.15) is 0 Å².